The van der Waals surface area contributed by atoms with Crippen LogP contribution in [0.3, 0.4) is 0 Å². The second kappa shape index (κ2) is 9.16. The van der Waals surface area contributed by atoms with Crippen LogP contribution in [0, 0.1) is 0 Å². The SMILES string of the molecule is CCc1ccc(N[C@@H]2NC(=O)/C(=C/c3cc(Br)ccc3OCC(=O)O)S2)cc1. The highest BCUT2D eigenvalue weighted by Crippen LogP contribution is 2.33. The van der Waals surface area contributed by atoms with Crippen molar-refractivity contribution in [3.8, 4) is 5.75 Å². The van der Waals surface area contributed by atoms with Crippen LogP contribution in [-0.4, -0.2) is 29.1 Å². The topological polar surface area (TPSA) is 87.7 Å². The third-order valence-electron chi connectivity index (χ3n) is 4.00. The first kappa shape index (κ1) is 20.3. The van der Waals surface area contributed by atoms with Gasteiger partial charge in [-0.3, -0.25) is 4.79 Å². The molecule has 1 saturated heterocycles. The number of hydrogen-bond donors (Lipinski definition) is 3. The van der Waals surface area contributed by atoms with E-state index in [1.165, 1.54) is 17.3 Å². The van der Waals surface area contributed by atoms with Gasteiger partial charge in [0.1, 0.15) is 5.75 Å². The number of thioether (sulfide) groups is 1. The lowest BCUT2D eigenvalue weighted by Gasteiger charge is -2.13. The van der Waals surface area contributed by atoms with Gasteiger partial charge in [-0.15, -0.1) is 0 Å². The van der Waals surface area contributed by atoms with Crippen LogP contribution in [0.25, 0.3) is 6.08 Å². The Morgan fingerprint density at radius 2 is 2.07 bits per heavy atom. The van der Waals surface area contributed by atoms with Crippen LogP contribution in [0.4, 0.5) is 5.69 Å². The number of halogens is 1. The highest BCUT2D eigenvalue weighted by molar-refractivity contribution is 9.10. The summed E-state index contributed by atoms with van der Waals surface area (Å²) in [6.07, 6.45) is 2.67. The number of amides is 1. The van der Waals surface area contributed by atoms with Crippen LogP contribution in [0.5, 0.6) is 5.75 Å². The first-order valence-electron chi connectivity index (χ1n) is 8.63. The molecule has 1 heterocycles. The zero-order chi connectivity index (χ0) is 20.1. The predicted molar refractivity (Wildman–Crippen MR) is 114 cm³/mol. The summed E-state index contributed by atoms with van der Waals surface area (Å²) in [5.74, 6) is -0.859. The largest absolute Gasteiger partial charge is 0.481 e. The molecule has 2 aromatic carbocycles. The van der Waals surface area contributed by atoms with Crippen LogP contribution in [-0.2, 0) is 16.0 Å². The summed E-state index contributed by atoms with van der Waals surface area (Å²) >= 11 is 4.75. The molecular weight excluding hydrogens is 444 g/mol. The minimum Gasteiger partial charge on any atom is -0.481 e. The lowest BCUT2D eigenvalue weighted by atomic mass is 10.1. The number of aryl methyl sites for hydroxylation is 1. The third kappa shape index (κ3) is 5.30. The lowest BCUT2D eigenvalue weighted by molar-refractivity contribution is -0.139. The zero-order valence-electron chi connectivity index (χ0n) is 15.1. The molecule has 0 bridgehead atoms. The molecule has 146 valence electrons. The van der Waals surface area contributed by atoms with Gasteiger partial charge in [0, 0.05) is 15.7 Å². The molecule has 3 N–H and O–H groups in total. The van der Waals surface area contributed by atoms with Gasteiger partial charge < -0.3 is 20.5 Å². The van der Waals surface area contributed by atoms with E-state index in [9.17, 15) is 9.59 Å². The molecule has 1 aliphatic heterocycles. The Morgan fingerprint density at radius 3 is 2.75 bits per heavy atom. The van der Waals surface area contributed by atoms with Crippen molar-refractivity contribution in [1.82, 2.24) is 5.32 Å². The zero-order valence-corrected chi connectivity index (χ0v) is 17.5. The second-order valence-corrected chi connectivity index (χ2v) is 8.10. The summed E-state index contributed by atoms with van der Waals surface area (Å²) in [5.41, 5.74) is 2.50. The van der Waals surface area contributed by atoms with Crippen molar-refractivity contribution in [1.29, 1.82) is 0 Å². The van der Waals surface area contributed by atoms with E-state index in [0.29, 0.717) is 16.2 Å². The molecule has 1 atom stereocenters. The van der Waals surface area contributed by atoms with Gasteiger partial charge in [0.2, 0.25) is 0 Å². The molecule has 1 aliphatic rings. The summed E-state index contributed by atoms with van der Waals surface area (Å²) in [5, 5.41) is 15.0. The second-order valence-electron chi connectivity index (χ2n) is 6.04. The Kier molecular flexibility index (Phi) is 6.64. The number of aliphatic carboxylic acids is 1. The van der Waals surface area contributed by atoms with Gasteiger partial charge in [0.05, 0.1) is 4.91 Å². The Hall–Kier alpha value is -2.45. The molecule has 0 unspecified atom stereocenters. The summed E-state index contributed by atoms with van der Waals surface area (Å²) in [4.78, 5) is 23.6. The molecule has 0 aliphatic carbocycles. The number of carboxylic acids is 1. The van der Waals surface area contributed by atoms with Crippen molar-refractivity contribution in [2.24, 2.45) is 0 Å². The number of ether oxygens (including phenoxy) is 1. The highest BCUT2D eigenvalue weighted by Gasteiger charge is 2.27. The first-order valence-corrected chi connectivity index (χ1v) is 10.3. The molecule has 28 heavy (non-hydrogen) atoms. The molecule has 2 aromatic rings. The van der Waals surface area contributed by atoms with Gasteiger partial charge in [0.25, 0.3) is 5.91 Å². The van der Waals surface area contributed by atoms with E-state index in [1.54, 1.807) is 24.3 Å². The fourth-order valence-corrected chi connectivity index (χ4v) is 3.95. The minimum atomic E-state index is -1.06. The smallest absolute Gasteiger partial charge is 0.341 e. The number of hydrogen-bond acceptors (Lipinski definition) is 5. The number of rotatable bonds is 7. The van der Waals surface area contributed by atoms with E-state index in [0.717, 1.165) is 16.6 Å². The van der Waals surface area contributed by atoms with Gasteiger partial charge in [-0.2, -0.15) is 0 Å². The average Bonchev–Trinajstić information content (AvgIpc) is 3.00. The average molecular weight is 463 g/mol. The number of benzene rings is 2. The maximum Gasteiger partial charge on any atom is 0.341 e. The van der Waals surface area contributed by atoms with Crippen molar-refractivity contribution >= 4 is 51.3 Å². The van der Waals surface area contributed by atoms with Gasteiger partial charge in [-0.25, -0.2) is 4.79 Å². The fourth-order valence-electron chi connectivity index (χ4n) is 2.60. The Labute approximate surface area is 175 Å². The molecule has 1 fully saturated rings. The van der Waals surface area contributed by atoms with Gasteiger partial charge >= 0.3 is 5.97 Å². The maximum atomic E-state index is 12.4. The van der Waals surface area contributed by atoms with E-state index in [4.69, 9.17) is 9.84 Å². The maximum absolute atomic E-state index is 12.4. The van der Waals surface area contributed by atoms with E-state index < -0.39 is 12.6 Å². The molecule has 8 heteroatoms. The van der Waals surface area contributed by atoms with E-state index in [2.05, 4.69) is 33.5 Å². The summed E-state index contributed by atoms with van der Waals surface area (Å²) in [6, 6.07) is 13.3. The molecule has 0 aromatic heterocycles. The Morgan fingerprint density at radius 1 is 1.32 bits per heavy atom. The molecule has 0 radical (unpaired) electrons. The fraction of sp³-hybridized carbons (Fsp3) is 0.200. The van der Waals surface area contributed by atoms with Crippen LogP contribution >= 0.6 is 27.7 Å². The molecule has 1 amide bonds. The number of carbonyl (C=O) groups is 2. The van der Waals surface area contributed by atoms with Crippen molar-refractivity contribution < 1.29 is 19.4 Å². The molecule has 0 spiro atoms. The lowest BCUT2D eigenvalue weighted by Crippen LogP contribution is -2.30. The summed E-state index contributed by atoms with van der Waals surface area (Å²) < 4.78 is 6.12. The molecule has 3 rings (SSSR count). The molecule has 6 nitrogen and oxygen atoms in total. The van der Waals surface area contributed by atoms with Crippen LogP contribution < -0.4 is 15.4 Å². The number of anilines is 1. The van der Waals surface area contributed by atoms with Crippen LogP contribution in [0.2, 0.25) is 0 Å². The van der Waals surface area contributed by atoms with Crippen LogP contribution in [0.15, 0.2) is 51.8 Å². The quantitative estimate of drug-likeness (QED) is 0.537. The van der Waals surface area contributed by atoms with E-state index in [1.807, 2.05) is 24.3 Å². The van der Waals surface area contributed by atoms with Crippen molar-refractivity contribution in [2.75, 3.05) is 11.9 Å². The Balaban J connectivity index is 1.74. The third-order valence-corrected chi connectivity index (χ3v) is 5.52. The standard InChI is InChI=1S/C20H19BrN2O4S/c1-2-12-3-6-15(7-4-12)22-20-23-19(26)17(28-20)10-13-9-14(21)5-8-16(13)27-11-18(24)25/h3-10,20,22H,2,11H2,1H3,(H,23,26)(H,24,25)/b17-10-/t20-/m1/s1. The summed E-state index contributed by atoms with van der Waals surface area (Å²) in [7, 11) is 0. The number of carbonyl (C=O) groups excluding carboxylic acids is 1. The van der Waals surface area contributed by atoms with E-state index >= 15 is 0 Å². The van der Waals surface area contributed by atoms with Crippen molar-refractivity contribution in [2.45, 2.75) is 18.8 Å². The normalized spacial score (nSPS) is 17.4. The highest BCUT2D eigenvalue weighted by atomic mass is 79.9. The van der Waals surface area contributed by atoms with E-state index in [-0.39, 0.29) is 11.4 Å². The number of carboxylic acid groups (broad SMARTS) is 1. The van der Waals surface area contributed by atoms with Crippen LogP contribution in [0.1, 0.15) is 18.1 Å². The molecule has 0 saturated carbocycles. The summed E-state index contributed by atoms with van der Waals surface area (Å²) in [6.45, 7) is 1.65. The van der Waals surface area contributed by atoms with Gasteiger partial charge in [0.15, 0.2) is 12.1 Å². The Bertz CT molecular complexity index is 915. The van der Waals surface area contributed by atoms with Crippen molar-refractivity contribution in [3.05, 3.63) is 63.0 Å². The van der Waals surface area contributed by atoms with Gasteiger partial charge in [-0.1, -0.05) is 46.7 Å². The number of nitrogens with one attached hydrogen (secondary N) is 2. The monoisotopic (exact) mass is 462 g/mol. The minimum absolute atomic E-state index is 0.197. The first-order chi connectivity index (χ1) is 13.4. The molecular formula is C20H19BrN2O4S. The predicted octanol–water partition coefficient (Wildman–Crippen LogP) is 4.07. The van der Waals surface area contributed by atoms with Gasteiger partial charge in [-0.05, 0) is 48.4 Å². The van der Waals surface area contributed by atoms with Crippen molar-refractivity contribution in [3.63, 3.8) is 0 Å².